The lowest BCUT2D eigenvalue weighted by Crippen LogP contribution is -2.46. The van der Waals surface area contributed by atoms with E-state index in [-0.39, 0.29) is 12.5 Å². The Hall–Kier alpha value is -2.42. The summed E-state index contributed by atoms with van der Waals surface area (Å²) in [6.45, 7) is 5.44. The first-order valence-electron chi connectivity index (χ1n) is 11.0. The van der Waals surface area contributed by atoms with E-state index >= 15 is 0 Å². The van der Waals surface area contributed by atoms with Crippen LogP contribution in [0.5, 0.6) is 5.75 Å². The van der Waals surface area contributed by atoms with Crippen LogP contribution < -0.4 is 4.74 Å². The average molecular weight is 471 g/mol. The van der Waals surface area contributed by atoms with Crippen molar-refractivity contribution < 1.29 is 32.2 Å². The monoisotopic (exact) mass is 470 g/mol. The number of alkyl halides is 4. The van der Waals surface area contributed by atoms with Crippen molar-refractivity contribution in [2.75, 3.05) is 26.2 Å². The fraction of sp³-hybridized carbons (Fsp3) is 0.583. The van der Waals surface area contributed by atoms with Crippen molar-refractivity contribution in [2.45, 2.75) is 46.0 Å². The number of pyridine rings is 1. The van der Waals surface area contributed by atoms with E-state index in [1.54, 1.807) is 18.2 Å². The van der Waals surface area contributed by atoms with Crippen molar-refractivity contribution in [3.63, 3.8) is 0 Å². The Morgan fingerprint density at radius 1 is 1.27 bits per heavy atom. The molecule has 33 heavy (non-hydrogen) atoms. The van der Waals surface area contributed by atoms with Crippen molar-refractivity contribution in [3.8, 4) is 5.75 Å². The van der Waals surface area contributed by atoms with Crippen LogP contribution in [-0.4, -0.2) is 59.5 Å². The molecule has 1 aliphatic heterocycles. The highest BCUT2D eigenvalue weighted by molar-refractivity contribution is 5.83. The molecule has 2 heterocycles. The number of nitrogens with zero attached hydrogens (tertiary/aromatic N) is 2. The number of carbonyl (C=O) groups is 1. The van der Waals surface area contributed by atoms with Crippen LogP contribution in [0.25, 0.3) is 5.57 Å². The number of aromatic nitrogens is 1. The fourth-order valence-corrected chi connectivity index (χ4v) is 3.91. The molecular weight excluding hydrogens is 440 g/mol. The maximum atomic E-state index is 14.4. The summed E-state index contributed by atoms with van der Waals surface area (Å²) in [7, 11) is 0. The third kappa shape index (κ3) is 5.75. The van der Waals surface area contributed by atoms with Gasteiger partial charge in [0.2, 0.25) is 0 Å². The topological polar surface area (TPSA) is 62.7 Å². The number of rotatable bonds is 7. The summed E-state index contributed by atoms with van der Waals surface area (Å²) in [5.74, 6) is -0.431. The minimum absolute atomic E-state index is 0.00882. The number of hydrogen-bond acceptors (Lipinski definition) is 4. The first kappa shape index (κ1) is 25.2. The van der Waals surface area contributed by atoms with E-state index in [1.165, 1.54) is 39.1 Å². The van der Waals surface area contributed by atoms with Crippen molar-refractivity contribution in [1.82, 2.24) is 9.88 Å². The maximum absolute atomic E-state index is 14.4. The van der Waals surface area contributed by atoms with Crippen LogP contribution in [0.15, 0.2) is 36.6 Å². The van der Waals surface area contributed by atoms with Crippen LogP contribution in [0.2, 0.25) is 0 Å². The zero-order chi connectivity index (χ0) is 24.4. The molecule has 0 aromatic carbocycles. The second-order valence-corrected chi connectivity index (χ2v) is 9.74. The number of allylic oxidation sites excluding steroid dienone is 3. The molecule has 9 heteroatoms. The first-order chi connectivity index (χ1) is 15.3. The zero-order valence-corrected chi connectivity index (χ0v) is 19.0. The number of likely N-dealkylation sites (tertiary alicyclic amines) is 1. The highest BCUT2D eigenvalue weighted by atomic mass is 19.4. The molecule has 0 radical (unpaired) electrons. The molecule has 1 fully saturated rings. The summed E-state index contributed by atoms with van der Waals surface area (Å²) in [5.41, 5.74) is -2.32. The van der Waals surface area contributed by atoms with E-state index in [2.05, 4.69) is 4.98 Å². The Balaban J connectivity index is 1.48. The van der Waals surface area contributed by atoms with E-state index in [9.17, 15) is 27.5 Å². The van der Waals surface area contributed by atoms with Gasteiger partial charge in [0, 0.05) is 6.54 Å². The van der Waals surface area contributed by atoms with E-state index in [4.69, 9.17) is 4.74 Å². The predicted molar refractivity (Wildman–Crippen MR) is 116 cm³/mol. The largest absolute Gasteiger partial charge is 0.492 e. The molecule has 0 amide bonds. The molecule has 1 aromatic heterocycles. The summed E-state index contributed by atoms with van der Waals surface area (Å²) in [4.78, 5) is 17.5. The maximum Gasteiger partial charge on any atom is 0.395 e. The normalized spacial score (nSPS) is 25.1. The van der Waals surface area contributed by atoms with Gasteiger partial charge >= 0.3 is 12.1 Å². The van der Waals surface area contributed by atoms with Crippen molar-refractivity contribution in [3.05, 3.63) is 42.3 Å². The summed E-state index contributed by atoms with van der Waals surface area (Å²) in [6.07, 6.45) is 1.31. The second kappa shape index (κ2) is 9.44. The molecule has 1 saturated heterocycles. The highest BCUT2D eigenvalue weighted by Crippen LogP contribution is 2.39. The van der Waals surface area contributed by atoms with E-state index in [0.29, 0.717) is 36.7 Å². The van der Waals surface area contributed by atoms with Gasteiger partial charge in [-0.3, -0.25) is 9.78 Å². The quantitative estimate of drug-likeness (QED) is 0.559. The molecule has 1 aromatic rings. The predicted octanol–water partition coefficient (Wildman–Crippen LogP) is 5.14. The van der Waals surface area contributed by atoms with Crippen LogP contribution in [0, 0.1) is 16.7 Å². The summed E-state index contributed by atoms with van der Waals surface area (Å²) in [6, 6.07) is 3.40. The van der Waals surface area contributed by atoms with Crippen molar-refractivity contribution >= 4 is 11.5 Å². The lowest BCUT2D eigenvalue weighted by atomic mass is 9.80. The number of carboxylic acids is 1. The standard InChI is InChI=1S/C24H30F4N2O3/c1-22(2,24(26,27)28)15-30-10-7-16(8-11-30)14-33-18-4-5-19(29-13-18)17-6-9-23(3,21(31)32)20(25)12-17/h4-6,9,12-13,16,20H,7-8,10-11,14-15H2,1-3H3,(H,31,32). The van der Waals surface area contributed by atoms with Crippen LogP contribution in [0.4, 0.5) is 17.6 Å². The molecule has 2 unspecified atom stereocenters. The van der Waals surface area contributed by atoms with Gasteiger partial charge in [-0.25, -0.2) is 4.39 Å². The molecule has 3 rings (SSSR count). The van der Waals surface area contributed by atoms with Crippen LogP contribution in [0.1, 0.15) is 39.3 Å². The lowest BCUT2D eigenvalue weighted by molar-refractivity contribution is -0.217. The SMILES string of the molecule is CC1(C(=O)O)C=CC(c2ccc(OCC3CCN(CC(C)(C)C(F)(F)F)CC3)cn2)=CC1F. The smallest absolute Gasteiger partial charge is 0.395 e. The van der Waals surface area contributed by atoms with Gasteiger partial charge in [-0.15, -0.1) is 0 Å². The molecule has 0 spiro atoms. The molecule has 2 aliphatic rings. The zero-order valence-electron chi connectivity index (χ0n) is 19.0. The van der Waals surface area contributed by atoms with Gasteiger partial charge in [0.1, 0.15) is 17.3 Å². The van der Waals surface area contributed by atoms with E-state index < -0.39 is 29.1 Å². The Morgan fingerprint density at radius 2 is 1.94 bits per heavy atom. The molecule has 1 aliphatic carbocycles. The molecule has 0 saturated carbocycles. The highest BCUT2D eigenvalue weighted by Gasteiger charge is 2.48. The summed E-state index contributed by atoms with van der Waals surface area (Å²) >= 11 is 0. The van der Waals surface area contributed by atoms with Gasteiger partial charge in [-0.05, 0) is 76.4 Å². The van der Waals surface area contributed by atoms with Gasteiger partial charge in [0.25, 0.3) is 0 Å². The number of piperidine rings is 1. The van der Waals surface area contributed by atoms with Crippen LogP contribution in [0.3, 0.4) is 0 Å². The van der Waals surface area contributed by atoms with Crippen molar-refractivity contribution in [2.24, 2.45) is 16.7 Å². The number of ether oxygens (including phenoxy) is 1. The molecular formula is C24H30F4N2O3. The summed E-state index contributed by atoms with van der Waals surface area (Å²) in [5, 5.41) is 9.22. The van der Waals surface area contributed by atoms with Crippen molar-refractivity contribution in [1.29, 1.82) is 0 Å². The molecule has 1 N–H and O–H groups in total. The molecule has 182 valence electrons. The lowest BCUT2D eigenvalue weighted by Gasteiger charge is -2.38. The third-order valence-electron chi connectivity index (χ3n) is 6.58. The number of halogens is 4. The Morgan fingerprint density at radius 3 is 2.45 bits per heavy atom. The van der Waals surface area contributed by atoms with Gasteiger partial charge in [-0.1, -0.05) is 12.2 Å². The van der Waals surface area contributed by atoms with Gasteiger partial charge in [0.15, 0.2) is 0 Å². The van der Waals surface area contributed by atoms with Crippen LogP contribution >= 0.6 is 0 Å². The van der Waals surface area contributed by atoms with E-state index in [0.717, 1.165) is 12.8 Å². The third-order valence-corrected chi connectivity index (χ3v) is 6.58. The number of hydrogen-bond donors (Lipinski definition) is 1. The van der Waals surface area contributed by atoms with Crippen LogP contribution in [-0.2, 0) is 4.79 Å². The van der Waals surface area contributed by atoms with Gasteiger partial charge in [-0.2, -0.15) is 13.2 Å². The van der Waals surface area contributed by atoms with Gasteiger partial charge < -0.3 is 14.7 Å². The number of carboxylic acid groups (broad SMARTS) is 1. The Labute approximate surface area is 191 Å². The van der Waals surface area contributed by atoms with E-state index in [1.807, 2.05) is 4.90 Å². The Bertz CT molecular complexity index is 903. The number of aliphatic carboxylic acids is 1. The summed E-state index contributed by atoms with van der Waals surface area (Å²) < 4.78 is 59.5. The molecule has 5 nitrogen and oxygen atoms in total. The first-order valence-corrected chi connectivity index (χ1v) is 11.0. The molecule has 2 atom stereocenters. The second-order valence-electron chi connectivity index (χ2n) is 9.74. The average Bonchev–Trinajstić information content (AvgIpc) is 2.74. The minimum Gasteiger partial charge on any atom is -0.492 e. The van der Waals surface area contributed by atoms with Gasteiger partial charge in [0.05, 0.1) is 23.9 Å². The fourth-order valence-electron chi connectivity index (χ4n) is 3.91. The minimum atomic E-state index is -4.23. The molecule has 0 bridgehead atoms. The Kier molecular flexibility index (Phi) is 7.21.